The first-order chi connectivity index (χ1) is 7.17. The number of likely N-dealkylation sites (N-methyl/N-ethyl adjacent to an activating group) is 1. The van der Waals surface area contributed by atoms with Crippen molar-refractivity contribution in [3.05, 3.63) is 28.8 Å². The Labute approximate surface area is 96.6 Å². The van der Waals surface area contributed by atoms with Crippen LogP contribution >= 0.6 is 11.6 Å². The van der Waals surface area contributed by atoms with E-state index in [1.165, 1.54) is 0 Å². The number of ether oxygens (including phenoxy) is 1. The monoisotopic (exact) mass is 227 g/mol. The minimum absolute atomic E-state index is 0.175. The molecule has 84 valence electrons. The van der Waals surface area contributed by atoms with Crippen LogP contribution in [0.3, 0.4) is 0 Å². The molecule has 2 nitrogen and oxygen atoms in total. The van der Waals surface area contributed by atoms with E-state index in [9.17, 15) is 0 Å². The van der Waals surface area contributed by atoms with E-state index in [2.05, 4.69) is 12.2 Å². The summed E-state index contributed by atoms with van der Waals surface area (Å²) in [7, 11) is 1.92. The Morgan fingerprint density at radius 2 is 2.20 bits per heavy atom. The summed E-state index contributed by atoms with van der Waals surface area (Å²) in [6.45, 7) is 4.97. The third-order valence-corrected chi connectivity index (χ3v) is 2.58. The highest BCUT2D eigenvalue weighted by Crippen LogP contribution is 2.26. The van der Waals surface area contributed by atoms with E-state index in [-0.39, 0.29) is 6.10 Å². The molecule has 1 unspecified atom stereocenters. The highest BCUT2D eigenvalue weighted by Gasteiger charge is 2.09. The number of rotatable bonds is 5. The summed E-state index contributed by atoms with van der Waals surface area (Å²) in [6, 6.07) is 5.83. The minimum atomic E-state index is 0.175. The van der Waals surface area contributed by atoms with E-state index in [1.807, 2.05) is 32.2 Å². The van der Waals surface area contributed by atoms with Crippen molar-refractivity contribution >= 4 is 11.6 Å². The van der Waals surface area contributed by atoms with Gasteiger partial charge in [-0.1, -0.05) is 24.6 Å². The highest BCUT2D eigenvalue weighted by atomic mass is 35.5. The van der Waals surface area contributed by atoms with Gasteiger partial charge in [0.1, 0.15) is 11.9 Å². The molecule has 0 fully saturated rings. The topological polar surface area (TPSA) is 21.3 Å². The molecular formula is C12H18ClNO. The average Bonchev–Trinajstić information content (AvgIpc) is 2.22. The number of hydrogen-bond acceptors (Lipinski definition) is 2. The highest BCUT2D eigenvalue weighted by molar-refractivity contribution is 6.32. The van der Waals surface area contributed by atoms with Gasteiger partial charge in [-0.25, -0.2) is 0 Å². The van der Waals surface area contributed by atoms with Gasteiger partial charge in [-0.2, -0.15) is 0 Å². The first-order valence-corrected chi connectivity index (χ1v) is 5.62. The van der Waals surface area contributed by atoms with E-state index >= 15 is 0 Å². The largest absolute Gasteiger partial charge is 0.488 e. The maximum Gasteiger partial charge on any atom is 0.138 e. The third-order valence-electron chi connectivity index (χ3n) is 2.27. The van der Waals surface area contributed by atoms with Crippen molar-refractivity contribution in [2.24, 2.45) is 0 Å². The van der Waals surface area contributed by atoms with Crippen molar-refractivity contribution in [2.75, 3.05) is 13.6 Å². The zero-order valence-corrected chi connectivity index (χ0v) is 10.3. The lowest BCUT2D eigenvalue weighted by Crippen LogP contribution is -2.28. The van der Waals surface area contributed by atoms with Gasteiger partial charge in [0, 0.05) is 6.54 Å². The predicted octanol–water partition coefficient (Wildman–Crippen LogP) is 3.03. The fraction of sp³-hybridized carbons (Fsp3) is 0.500. The smallest absolute Gasteiger partial charge is 0.138 e. The van der Waals surface area contributed by atoms with E-state index < -0.39 is 0 Å². The summed E-state index contributed by atoms with van der Waals surface area (Å²) in [5.41, 5.74) is 1.16. The van der Waals surface area contributed by atoms with Gasteiger partial charge in [0.15, 0.2) is 0 Å². The van der Waals surface area contributed by atoms with Crippen LogP contribution in [0.25, 0.3) is 0 Å². The summed E-state index contributed by atoms with van der Waals surface area (Å²) in [6.07, 6.45) is 1.14. The average molecular weight is 228 g/mol. The number of benzene rings is 1. The number of aryl methyl sites for hydroxylation is 1. The molecule has 1 rings (SSSR count). The second-order valence-electron chi connectivity index (χ2n) is 3.64. The van der Waals surface area contributed by atoms with Crippen LogP contribution in [-0.2, 0) is 0 Å². The first-order valence-electron chi connectivity index (χ1n) is 5.24. The van der Waals surface area contributed by atoms with Crippen molar-refractivity contribution in [1.82, 2.24) is 5.32 Å². The molecule has 0 bridgehead atoms. The molecule has 15 heavy (non-hydrogen) atoms. The minimum Gasteiger partial charge on any atom is -0.488 e. The Morgan fingerprint density at radius 3 is 2.80 bits per heavy atom. The van der Waals surface area contributed by atoms with E-state index in [0.717, 1.165) is 24.3 Å². The van der Waals surface area contributed by atoms with Gasteiger partial charge in [0.05, 0.1) is 5.02 Å². The second-order valence-corrected chi connectivity index (χ2v) is 4.05. The number of hydrogen-bond donors (Lipinski definition) is 1. The van der Waals surface area contributed by atoms with Crippen LogP contribution in [0, 0.1) is 6.92 Å². The van der Waals surface area contributed by atoms with Gasteiger partial charge in [-0.15, -0.1) is 0 Å². The molecule has 0 aliphatic carbocycles. The fourth-order valence-electron chi connectivity index (χ4n) is 1.38. The van der Waals surface area contributed by atoms with Gasteiger partial charge in [-0.05, 0) is 38.1 Å². The molecule has 0 aliphatic heterocycles. The van der Waals surface area contributed by atoms with Crippen LogP contribution in [0.2, 0.25) is 5.02 Å². The van der Waals surface area contributed by atoms with E-state index in [4.69, 9.17) is 16.3 Å². The lowest BCUT2D eigenvalue weighted by molar-refractivity contribution is 0.196. The van der Waals surface area contributed by atoms with Crippen molar-refractivity contribution in [2.45, 2.75) is 26.4 Å². The fourth-order valence-corrected chi connectivity index (χ4v) is 1.54. The number of nitrogens with one attached hydrogen (secondary N) is 1. The zero-order chi connectivity index (χ0) is 11.3. The predicted molar refractivity (Wildman–Crippen MR) is 64.8 cm³/mol. The van der Waals surface area contributed by atoms with Crippen molar-refractivity contribution in [3.63, 3.8) is 0 Å². The maximum atomic E-state index is 6.05. The van der Waals surface area contributed by atoms with Gasteiger partial charge in [0.25, 0.3) is 0 Å². The Hall–Kier alpha value is -0.730. The number of halogens is 1. The first kappa shape index (κ1) is 12.3. The van der Waals surface area contributed by atoms with Crippen LogP contribution in [0.5, 0.6) is 5.75 Å². The molecule has 0 saturated heterocycles. The lowest BCUT2D eigenvalue weighted by Gasteiger charge is -2.18. The van der Waals surface area contributed by atoms with Gasteiger partial charge in [-0.3, -0.25) is 0 Å². The Bertz CT molecular complexity index is 314. The van der Waals surface area contributed by atoms with Crippen molar-refractivity contribution in [1.29, 1.82) is 0 Å². The van der Waals surface area contributed by atoms with Crippen molar-refractivity contribution < 1.29 is 4.74 Å². The quantitative estimate of drug-likeness (QED) is 0.835. The lowest BCUT2D eigenvalue weighted by atomic mass is 10.2. The Morgan fingerprint density at radius 1 is 1.47 bits per heavy atom. The SMILES string of the molecule is CCC(CNC)Oc1cc(C)ccc1Cl. The summed E-state index contributed by atoms with van der Waals surface area (Å²) in [5.74, 6) is 0.777. The summed E-state index contributed by atoms with van der Waals surface area (Å²) in [4.78, 5) is 0. The van der Waals surface area contributed by atoms with Crippen LogP contribution in [-0.4, -0.2) is 19.7 Å². The van der Waals surface area contributed by atoms with E-state index in [0.29, 0.717) is 5.02 Å². The molecule has 0 radical (unpaired) electrons. The molecule has 0 amide bonds. The van der Waals surface area contributed by atoms with Crippen LogP contribution < -0.4 is 10.1 Å². The second kappa shape index (κ2) is 5.99. The van der Waals surface area contributed by atoms with Crippen molar-refractivity contribution in [3.8, 4) is 5.75 Å². The normalized spacial score (nSPS) is 12.5. The van der Waals surface area contributed by atoms with Crippen LogP contribution in [0.1, 0.15) is 18.9 Å². The van der Waals surface area contributed by atoms with Crippen LogP contribution in [0.4, 0.5) is 0 Å². The molecule has 0 heterocycles. The van der Waals surface area contributed by atoms with Gasteiger partial charge in [0.2, 0.25) is 0 Å². The van der Waals surface area contributed by atoms with Gasteiger partial charge < -0.3 is 10.1 Å². The summed E-state index contributed by atoms with van der Waals surface area (Å²) < 4.78 is 5.82. The van der Waals surface area contributed by atoms with E-state index in [1.54, 1.807) is 0 Å². The summed E-state index contributed by atoms with van der Waals surface area (Å²) in [5, 5.41) is 3.78. The molecule has 0 saturated carbocycles. The molecule has 1 aromatic rings. The molecule has 0 spiro atoms. The molecule has 0 aromatic heterocycles. The van der Waals surface area contributed by atoms with Crippen LogP contribution in [0.15, 0.2) is 18.2 Å². The zero-order valence-electron chi connectivity index (χ0n) is 9.51. The summed E-state index contributed by atoms with van der Waals surface area (Å²) >= 11 is 6.05. The maximum absolute atomic E-state index is 6.05. The molecule has 3 heteroatoms. The van der Waals surface area contributed by atoms with Gasteiger partial charge >= 0.3 is 0 Å². The molecule has 1 atom stereocenters. The standard InChI is InChI=1S/C12H18ClNO/c1-4-10(8-14-3)15-12-7-9(2)5-6-11(12)13/h5-7,10,14H,4,8H2,1-3H3. The molecule has 1 N–H and O–H groups in total. The Balaban J connectivity index is 2.73. The third kappa shape index (κ3) is 3.73. The Kier molecular flexibility index (Phi) is 4.92. The molecular weight excluding hydrogens is 210 g/mol. The molecule has 1 aromatic carbocycles. The molecule has 0 aliphatic rings.